The van der Waals surface area contributed by atoms with E-state index in [4.69, 9.17) is 9.47 Å². The van der Waals surface area contributed by atoms with E-state index >= 15 is 0 Å². The highest BCUT2D eigenvalue weighted by Gasteiger charge is 2.22. The SMILES string of the molecule is CN=C(NCc1ccc(OC)cc1)N1CCN(c2ncc(Br)c(OC)n2)CC1.I. The van der Waals surface area contributed by atoms with Crippen LogP contribution < -0.4 is 19.7 Å². The Bertz CT molecular complexity index is 813. The maximum Gasteiger partial charge on any atom is 0.232 e. The van der Waals surface area contributed by atoms with Crippen LogP contribution in [0.2, 0.25) is 0 Å². The lowest BCUT2D eigenvalue weighted by Gasteiger charge is -2.36. The van der Waals surface area contributed by atoms with Gasteiger partial charge in [-0.25, -0.2) is 4.98 Å². The third kappa shape index (κ3) is 6.08. The number of methoxy groups -OCH3 is 2. The predicted molar refractivity (Wildman–Crippen MR) is 129 cm³/mol. The van der Waals surface area contributed by atoms with E-state index in [-0.39, 0.29) is 24.0 Å². The van der Waals surface area contributed by atoms with Gasteiger partial charge in [0.05, 0.1) is 24.9 Å². The number of rotatable bonds is 5. The highest BCUT2D eigenvalue weighted by molar-refractivity contribution is 14.0. The molecule has 29 heavy (non-hydrogen) atoms. The van der Waals surface area contributed by atoms with E-state index in [1.165, 1.54) is 5.56 Å². The zero-order chi connectivity index (χ0) is 19.9. The van der Waals surface area contributed by atoms with Crippen LogP contribution in [0.3, 0.4) is 0 Å². The number of benzene rings is 1. The topological polar surface area (TPSA) is 75.1 Å². The second-order valence-electron chi connectivity index (χ2n) is 6.25. The Balaban J connectivity index is 0.00000300. The third-order valence-electron chi connectivity index (χ3n) is 4.58. The number of guanidine groups is 1. The van der Waals surface area contributed by atoms with E-state index in [1.807, 2.05) is 19.2 Å². The van der Waals surface area contributed by atoms with Gasteiger partial charge in [-0.1, -0.05) is 12.1 Å². The number of nitrogens with one attached hydrogen (secondary N) is 1. The van der Waals surface area contributed by atoms with Crippen molar-refractivity contribution < 1.29 is 9.47 Å². The molecule has 158 valence electrons. The highest BCUT2D eigenvalue weighted by atomic mass is 127. The third-order valence-corrected chi connectivity index (χ3v) is 5.12. The van der Waals surface area contributed by atoms with E-state index < -0.39 is 0 Å². The average molecular weight is 577 g/mol. The number of nitrogens with zero attached hydrogens (tertiary/aromatic N) is 5. The molecule has 1 aromatic heterocycles. The van der Waals surface area contributed by atoms with E-state index in [0.717, 1.165) is 42.4 Å². The monoisotopic (exact) mass is 576 g/mol. The van der Waals surface area contributed by atoms with Crippen molar-refractivity contribution in [3.8, 4) is 11.6 Å². The van der Waals surface area contributed by atoms with Gasteiger partial charge in [-0.3, -0.25) is 4.99 Å². The van der Waals surface area contributed by atoms with Crippen LogP contribution in [0.4, 0.5) is 5.95 Å². The molecule has 10 heteroatoms. The molecule has 8 nitrogen and oxygen atoms in total. The van der Waals surface area contributed by atoms with Gasteiger partial charge in [0.15, 0.2) is 5.96 Å². The van der Waals surface area contributed by atoms with Crippen LogP contribution in [0, 0.1) is 0 Å². The summed E-state index contributed by atoms with van der Waals surface area (Å²) in [6.45, 7) is 4.01. The maximum absolute atomic E-state index is 5.27. The molecule has 1 aromatic carbocycles. The Labute approximate surface area is 196 Å². The quantitative estimate of drug-likeness (QED) is 0.333. The van der Waals surface area contributed by atoms with Gasteiger partial charge < -0.3 is 24.6 Å². The summed E-state index contributed by atoms with van der Waals surface area (Å²) >= 11 is 3.39. The molecule has 1 aliphatic rings. The standard InChI is InChI=1S/C19H25BrN6O2.HI/c1-21-18(22-12-14-4-6-15(27-2)7-5-14)25-8-10-26(11-9-25)19-23-13-16(20)17(24-19)28-3;/h4-7,13H,8-12H2,1-3H3,(H,21,22);1H. The molecule has 0 saturated carbocycles. The maximum atomic E-state index is 5.27. The minimum absolute atomic E-state index is 0. The second kappa shape index (κ2) is 11.4. The van der Waals surface area contributed by atoms with Crippen LogP contribution in [0.15, 0.2) is 39.9 Å². The molecule has 0 bridgehead atoms. The molecule has 1 aliphatic heterocycles. The number of aromatic nitrogens is 2. The van der Waals surface area contributed by atoms with Crippen molar-refractivity contribution in [1.29, 1.82) is 0 Å². The van der Waals surface area contributed by atoms with Crippen molar-refractivity contribution in [2.45, 2.75) is 6.54 Å². The van der Waals surface area contributed by atoms with Crippen molar-refractivity contribution in [1.82, 2.24) is 20.2 Å². The fraction of sp³-hybridized carbons (Fsp3) is 0.421. The largest absolute Gasteiger partial charge is 0.497 e. The molecule has 0 amide bonds. The van der Waals surface area contributed by atoms with E-state index in [2.05, 4.69) is 58.1 Å². The van der Waals surface area contributed by atoms with Crippen LogP contribution in [-0.2, 0) is 6.54 Å². The molecule has 1 N–H and O–H groups in total. The average Bonchev–Trinajstić information content (AvgIpc) is 2.75. The molecule has 1 fully saturated rings. The smallest absolute Gasteiger partial charge is 0.232 e. The lowest BCUT2D eigenvalue weighted by Crippen LogP contribution is -2.52. The molecule has 3 rings (SSSR count). The summed E-state index contributed by atoms with van der Waals surface area (Å²) in [4.78, 5) is 17.7. The Morgan fingerprint density at radius 2 is 1.83 bits per heavy atom. The highest BCUT2D eigenvalue weighted by Crippen LogP contribution is 2.23. The number of halogens is 2. The first kappa shape index (κ1) is 23.5. The number of piperazine rings is 1. The van der Waals surface area contributed by atoms with E-state index in [1.54, 1.807) is 20.4 Å². The van der Waals surface area contributed by atoms with Crippen LogP contribution >= 0.6 is 39.9 Å². The molecular formula is C19H26BrIN6O2. The molecule has 0 radical (unpaired) electrons. The first-order valence-electron chi connectivity index (χ1n) is 9.04. The van der Waals surface area contributed by atoms with Crippen LogP contribution in [-0.4, -0.2) is 68.3 Å². The van der Waals surface area contributed by atoms with Gasteiger partial charge in [0.1, 0.15) is 5.75 Å². The van der Waals surface area contributed by atoms with Crippen LogP contribution in [0.25, 0.3) is 0 Å². The predicted octanol–water partition coefficient (Wildman–Crippen LogP) is 2.77. The Hall–Kier alpha value is -1.82. The minimum atomic E-state index is 0. The van der Waals surface area contributed by atoms with Crippen molar-refractivity contribution in [2.75, 3.05) is 52.3 Å². The van der Waals surface area contributed by atoms with Gasteiger partial charge in [-0.15, -0.1) is 24.0 Å². The number of ether oxygens (including phenoxy) is 2. The first-order chi connectivity index (χ1) is 13.6. The molecule has 0 atom stereocenters. The summed E-state index contributed by atoms with van der Waals surface area (Å²) in [6, 6.07) is 8.03. The summed E-state index contributed by atoms with van der Waals surface area (Å²) in [5.74, 6) is 2.98. The van der Waals surface area contributed by atoms with Gasteiger partial charge >= 0.3 is 0 Å². The lowest BCUT2D eigenvalue weighted by atomic mass is 10.2. The van der Waals surface area contributed by atoms with Crippen molar-refractivity contribution in [2.24, 2.45) is 4.99 Å². The summed E-state index contributed by atoms with van der Waals surface area (Å²) < 4.78 is 11.2. The zero-order valence-electron chi connectivity index (χ0n) is 16.8. The van der Waals surface area contributed by atoms with Crippen molar-refractivity contribution >= 4 is 51.8 Å². The minimum Gasteiger partial charge on any atom is -0.497 e. The van der Waals surface area contributed by atoms with Gasteiger partial charge in [0.25, 0.3) is 0 Å². The van der Waals surface area contributed by atoms with Crippen LogP contribution in [0.5, 0.6) is 11.6 Å². The Morgan fingerprint density at radius 3 is 2.41 bits per heavy atom. The molecule has 2 heterocycles. The summed E-state index contributed by atoms with van der Waals surface area (Å²) in [7, 11) is 5.09. The lowest BCUT2D eigenvalue weighted by molar-refractivity contribution is 0.366. The van der Waals surface area contributed by atoms with Crippen LogP contribution in [0.1, 0.15) is 5.56 Å². The Morgan fingerprint density at radius 1 is 1.14 bits per heavy atom. The first-order valence-corrected chi connectivity index (χ1v) is 9.84. The normalized spacial score (nSPS) is 14.3. The number of aliphatic imine (C=N–C) groups is 1. The molecule has 0 unspecified atom stereocenters. The summed E-state index contributed by atoms with van der Waals surface area (Å²) in [5, 5.41) is 3.43. The molecule has 1 saturated heterocycles. The van der Waals surface area contributed by atoms with Gasteiger partial charge in [0.2, 0.25) is 11.8 Å². The number of anilines is 1. The Kier molecular flexibility index (Phi) is 9.21. The van der Waals surface area contributed by atoms with Crippen molar-refractivity contribution in [3.05, 3.63) is 40.5 Å². The number of hydrogen-bond acceptors (Lipinski definition) is 6. The fourth-order valence-electron chi connectivity index (χ4n) is 3.01. The van der Waals surface area contributed by atoms with Gasteiger partial charge in [-0.2, -0.15) is 4.98 Å². The second-order valence-corrected chi connectivity index (χ2v) is 7.10. The molecule has 0 aliphatic carbocycles. The van der Waals surface area contributed by atoms with Crippen molar-refractivity contribution in [3.63, 3.8) is 0 Å². The van der Waals surface area contributed by atoms with E-state index in [0.29, 0.717) is 18.4 Å². The zero-order valence-corrected chi connectivity index (χ0v) is 20.7. The summed E-state index contributed by atoms with van der Waals surface area (Å²) in [6.07, 6.45) is 1.73. The molecule has 2 aromatic rings. The van der Waals surface area contributed by atoms with E-state index in [9.17, 15) is 0 Å². The van der Waals surface area contributed by atoms with Gasteiger partial charge in [0, 0.05) is 39.8 Å². The van der Waals surface area contributed by atoms with Gasteiger partial charge in [-0.05, 0) is 33.6 Å². The molecular weight excluding hydrogens is 551 g/mol. The summed E-state index contributed by atoms with van der Waals surface area (Å²) in [5.41, 5.74) is 1.18. The molecule has 0 spiro atoms. The number of hydrogen-bond donors (Lipinski definition) is 1. The fourth-order valence-corrected chi connectivity index (χ4v) is 3.37.